The van der Waals surface area contributed by atoms with Gasteiger partial charge in [0, 0.05) is 20.7 Å². The van der Waals surface area contributed by atoms with E-state index < -0.39 is 6.10 Å². The second-order valence-electron chi connectivity index (χ2n) is 3.95. The average molecular weight is 378 g/mol. The second-order valence-corrected chi connectivity index (χ2v) is 5.55. The zero-order valence-corrected chi connectivity index (χ0v) is 12.8. The Morgan fingerprint density at radius 1 is 1.50 bits per heavy atom. The van der Waals surface area contributed by atoms with Gasteiger partial charge >= 0.3 is 0 Å². The van der Waals surface area contributed by atoms with Crippen molar-refractivity contribution in [3.8, 4) is 0 Å². The number of aliphatic hydroxyl groups is 1. The number of aromatic nitrogens is 3. The molecule has 6 heteroatoms. The highest BCUT2D eigenvalue weighted by atomic mass is 127. The molecule has 4 nitrogen and oxygen atoms in total. The smallest absolute Gasteiger partial charge is 0.123 e. The number of rotatable bonds is 4. The van der Waals surface area contributed by atoms with Crippen LogP contribution < -0.4 is 0 Å². The van der Waals surface area contributed by atoms with Gasteiger partial charge in [-0.1, -0.05) is 23.7 Å². The molecule has 1 unspecified atom stereocenters. The van der Waals surface area contributed by atoms with Crippen molar-refractivity contribution in [3.05, 3.63) is 44.2 Å². The first-order chi connectivity index (χ1) is 8.63. The molecule has 0 aliphatic rings. The maximum absolute atomic E-state index is 10.4. The number of nitrogens with zero attached hydrogens (tertiary/aromatic N) is 3. The molecule has 0 amide bonds. The van der Waals surface area contributed by atoms with Crippen LogP contribution in [-0.4, -0.2) is 20.1 Å². The van der Waals surface area contributed by atoms with E-state index in [4.69, 9.17) is 11.6 Å². The highest BCUT2D eigenvalue weighted by Gasteiger charge is 2.18. The minimum Gasteiger partial charge on any atom is -0.382 e. The van der Waals surface area contributed by atoms with E-state index in [9.17, 15) is 5.11 Å². The van der Waals surface area contributed by atoms with Crippen molar-refractivity contribution in [1.82, 2.24) is 15.0 Å². The second kappa shape index (κ2) is 5.99. The van der Waals surface area contributed by atoms with Crippen molar-refractivity contribution in [2.75, 3.05) is 0 Å². The SMILES string of the molecule is CCCn1nncc1C(O)c1cc(Cl)ccc1I. The molecule has 0 saturated carbocycles. The zero-order chi connectivity index (χ0) is 13.1. The van der Waals surface area contributed by atoms with Gasteiger partial charge in [-0.15, -0.1) is 5.10 Å². The first-order valence-corrected chi connectivity index (χ1v) is 7.10. The summed E-state index contributed by atoms with van der Waals surface area (Å²) in [7, 11) is 0. The van der Waals surface area contributed by atoms with Crippen molar-refractivity contribution in [2.45, 2.75) is 26.0 Å². The number of hydrogen-bond acceptors (Lipinski definition) is 3. The third kappa shape index (κ3) is 2.84. The molecule has 1 atom stereocenters. The lowest BCUT2D eigenvalue weighted by Crippen LogP contribution is -2.11. The molecule has 1 aromatic carbocycles. The maximum atomic E-state index is 10.4. The number of aryl methyl sites for hydroxylation is 1. The Hall–Kier alpha value is -0.660. The molecular formula is C12H13ClIN3O. The summed E-state index contributed by atoms with van der Waals surface area (Å²) < 4.78 is 2.69. The van der Waals surface area contributed by atoms with Crippen molar-refractivity contribution in [1.29, 1.82) is 0 Å². The third-order valence-corrected chi connectivity index (χ3v) is 3.83. The van der Waals surface area contributed by atoms with Gasteiger partial charge in [0.1, 0.15) is 6.10 Å². The molecule has 0 aliphatic heterocycles. The Labute approximate surface area is 124 Å². The van der Waals surface area contributed by atoms with E-state index >= 15 is 0 Å². The van der Waals surface area contributed by atoms with Crippen LogP contribution >= 0.6 is 34.2 Å². The quantitative estimate of drug-likeness (QED) is 0.833. The molecule has 0 spiro atoms. The molecule has 96 valence electrons. The summed E-state index contributed by atoms with van der Waals surface area (Å²) in [6.07, 6.45) is 1.78. The Morgan fingerprint density at radius 3 is 3.00 bits per heavy atom. The van der Waals surface area contributed by atoms with Crippen molar-refractivity contribution < 1.29 is 5.11 Å². The Bertz CT molecular complexity index is 544. The molecule has 0 fully saturated rings. The summed E-state index contributed by atoms with van der Waals surface area (Å²) >= 11 is 8.15. The van der Waals surface area contributed by atoms with Gasteiger partial charge < -0.3 is 5.11 Å². The maximum Gasteiger partial charge on any atom is 0.123 e. The summed E-state index contributed by atoms with van der Waals surface area (Å²) in [5, 5.41) is 18.9. The van der Waals surface area contributed by atoms with E-state index in [1.807, 2.05) is 6.07 Å². The number of halogens is 2. The molecule has 1 N–H and O–H groups in total. The number of aliphatic hydroxyl groups excluding tert-OH is 1. The predicted octanol–water partition coefficient (Wildman–Crippen LogP) is 3.03. The normalized spacial score (nSPS) is 12.7. The van der Waals surface area contributed by atoms with Crippen LogP contribution in [-0.2, 0) is 6.54 Å². The minimum atomic E-state index is -0.753. The predicted molar refractivity (Wildman–Crippen MR) is 78.5 cm³/mol. The summed E-state index contributed by atoms with van der Waals surface area (Å²) in [5.74, 6) is 0. The van der Waals surface area contributed by atoms with Gasteiger partial charge in [-0.05, 0) is 47.2 Å². The van der Waals surface area contributed by atoms with E-state index in [2.05, 4.69) is 39.8 Å². The summed E-state index contributed by atoms with van der Waals surface area (Å²) in [5.41, 5.74) is 1.47. The lowest BCUT2D eigenvalue weighted by molar-refractivity contribution is 0.206. The summed E-state index contributed by atoms with van der Waals surface area (Å²) in [6, 6.07) is 5.47. The van der Waals surface area contributed by atoms with Gasteiger partial charge in [-0.2, -0.15) is 0 Å². The van der Waals surface area contributed by atoms with E-state index in [-0.39, 0.29) is 0 Å². The minimum absolute atomic E-state index is 0.610. The zero-order valence-electron chi connectivity index (χ0n) is 9.85. The Kier molecular flexibility index (Phi) is 4.58. The van der Waals surface area contributed by atoms with Gasteiger partial charge in [0.2, 0.25) is 0 Å². The fraction of sp³-hybridized carbons (Fsp3) is 0.333. The standard InChI is InChI=1S/C12H13ClIN3O/c1-2-5-17-11(7-15-16-17)12(18)9-6-8(13)3-4-10(9)14/h3-4,6-7,12,18H,2,5H2,1H3. The van der Waals surface area contributed by atoms with Gasteiger partial charge in [-0.25, -0.2) is 4.68 Å². The van der Waals surface area contributed by atoms with E-state index in [1.165, 1.54) is 0 Å². The van der Waals surface area contributed by atoms with Crippen molar-refractivity contribution in [3.63, 3.8) is 0 Å². The van der Waals surface area contributed by atoms with Gasteiger partial charge in [0.25, 0.3) is 0 Å². The fourth-order valence-electron chi connectivity index (χ4n) is 1.75. The first-order valence-electron chi connectivity index (χ1n) is 5.65. The van der Waals surface area contributed by atoms with Crippen LogP contribution in [0.15, 0.2) is 24.4 Å². The van der Waals surface area contributed by atoms with Crippen molar-refractivity contribution in [2.24, 2.45) is 0 Å². The Balaban J connectivity index is 2.38. The van der Waals surface area contributed by atoms with Crippen LogP contribution in [0.5, 0.6) is 0 Å². The van der Waals surface area contributed by atoms with Gasteiger partial charge in [0.15, 0.2) is 0 Å². The van der Waals surface area contributed by atoms with Crippen molar-refractivity contribution >= 4 is 34.2 Å². The molecule has 1 heterocycles. The van der Waals surface area contributed by atoms with E-state index in [0.29, 0.717) is 10.7 Å². The molecular weight excluding hydrogens is 365 g/mol. The molecule has 18 heavy (non-hydrogen) atoms. The highest BCUT2D eigenvalue weighted by molar-refractivity contribution is 14.1. The monoisotopic (exact) mass is 377 g/mol. The van der Waals surface area contributed by atoms with Crippen LogP contribution in [0.1, 0.15) is 30.7 Å². The lowest BCUT2D eigenvalue weighted by atomic mass is 10.1. The molecule has 0 saturated heterocycles. The molecule has 1 aromatic heterocycles. The molecule has 0 radical (unpaired) electrons. The largest absolute Gasteiger partial charge is 0.382 e. The molecule has 0 aliphatic carbocycles. The van der Waals surface area contributed by atoms with Crippen LogP contribution in [0.2, 0.25) is 5.02 Å². The fourth-order valence-corrected chi connectivity index (χ4v) is 2.56. The average Bonchev–Trinajstić information content (AvgIpc) is 2.80. The third-order valence-electron chi connectivity index (χ3n) is 2.62. The van der Waals surface area contributed by atoms with Crippen LogP contribution in [0, 0.1) is 3.57 Å². The van der Waals surface area contributed by atoms with Crippen LogP contribution in [0.4, 0.5) is 0 Å². The number of benzene rings is 1. The lowest BCUT2D eigenvalue weighted by Gasteiger charge is -2.14. The van der Waals surface area contributed by atoms with Gasteiger partial charge in [0.05, 0.1) is 11.9 Å². The highest BCUT2D eigenvalue weighted by Crippen LogP contribution is 2.28. The molecule has 0 bridgehead atoms. The first kappa shape index (κ1) is 13.8. The molecule has 2 rings (SSSR count). The topological polar surface area (TPSA) is 50.9 Å². The molecule has 2 aromatic rings. The van der Waals surface area contributed by atoms with Gasteiger partial charge in [-0.3, -0.25) is 0 Å². The van der Waals surface area contributed by atoms with Crippen LogP contribution in [0.25, 0.3) is 0 Å². The summed E-state index contributed by atoms with van der Waals surface area (Å²) in [4.78, 5) is 0. The van der Waals surface area contributed by atoms with Crippen LogP contribution in [0.3, 0.4) is 0 Å². The summed E-state index contributed by atoms with van der Waals surface area (Å²) in [6.45, 7) is 2.80. The Morgan fingerprint density at radius 2 is 2.28 bits per heavy atom. The van der Waals surface area contributed by atoms with E-state index in [1.54, 1.807) is 23.0 Å². The number of hydrogen-bond donors (Lipinski definition) is 1. The van der Waals surface area contributed by atoms with E-state index in [0.717, 1.165) is 22.1 Å².